The van der Waals surface area contributed by atoms with Crippen LogP contribution in [0.5, 0.6) is 0 Å². The molecular formula is C19H26N3O3+. The Hall–Kier alpha value is -2.60. The number of rotatable bonds is 7. The van der Waals surface area contributed by atoms with E-state index in [1.165, 1.54) is 0 Å². The van der Waals surface area contributed by atoms with Crippen LogP contribution in [0.1, 0.15) is 29.9 Å². The van der Waals surface area contributed by atoms with Gasteiger partial charge >= 0.3 is 0 Å². The van der Waals surface area contributed by atoms with E-state index in [4.69, 9.17) is 4.42 Å². The first-order valence-electron chi connectivity index (χ1n) is 8.37. The number of anilines is 1. The summed E-state index contributed by atoms with van der Waals surface area (Å²) < 4.78 is 5.27. The van der Waals surface area contributed by atoms with Crippen LogP contribution >= 0.6 is 0 Å². The Kier molecular flexibility index (Phi) is 6.36. The number of likely N-dealkylation sites (N-methyl/N-ethyl adjacent to an activating group) is 1. The number of amides is 2. The fraction of sp³-hybridized carbons (Fsp3) is 0.368. The van der Waals surface area contributed by atoms with Gasteiger partial charge in [0.25, 0.3) is 11.8 Å². The summed E-state index contributed by atoms with van der Waals surface area (Å²) in [5, 5.41) is 5.81. The molecule has 2 rings (SSSR count). The molecule has 3 N–H and O–H groups in total. The number of carbonyl (C=O) groups is 2. The van der Waals surface area contributed by atoms with Crippen molar-refractivity contribution in [3.05, 3.63) is 53.5 Å². The van der Waals surface area contributed by atoms with Gasteiger partial charge in [0.15, 0.2) is 13.1 Å². The van der Waals surface area contributed by atoms with E-state index in [1.54, 1.807) is 12.3 Å². The fourth-order valence-electron chi connectivity index (χ4n) is 2.71. The second-order valence-electron chi connectivity index (χ2n) is 6.43. The van der Waals surface area contributed by atoms with Crippen LogP contribution in [0.15, 0.2) is 41.0 Å². The number of hydrogen-bond acceptors (Lipinski definition) is 3. The Labute approximate surface area is 148 Å². The molecule has 1 aromatic heterocycles. The molecule has 6 heteroatoms. The molecule has 1 aromatic carbocycles. The third-order valence-corrected chi connectivity index (χ3v) is 4.02. The predicted octanol–water partition coefficient (Wildman–Crippen LogP) is 1.23. The van der Waals surface area contributed by atoms with Crippen LogP contribution in [0.25, 0.3) is 0 Å². The van der Waals surface area contributed by atoms with Gasteiger partial charge in [0.1, 0.15) is 5.76 Å². The Morgan fingerprint density at radius 2 is 1.72 bits per heavy atom. The average Bonchev–Trinajstić information content (AvgIpc) is 3.05. The summed E-state index contributed by atoms with van der Waals surface area (Å²) in [6.07, 6.45) is 1.58. The zero-order valence-corrected chi connectivity index (χ0v) is 15.2. The minimum atomic E-state index is -0.196. The highest BCUT2D eigenvalue weighted by Crippen LogP contribution is 2.18. The molecule has 0 aliphatic heterocycles. The molecule has 25 heavy (non-hydrogen) atoms. The number of furan rings is 1. The van der Waals surface area contributed by atoms with Gasteiger partial charge < -0.3 is 20.0 Å². The van der Waals surface area contributed by atoms with Crippen molar-refractivity contribution in [1.29, 1.82) is 0 Å². The molecule has 0 radical (unpaired) electrons. The molecule has 0 bridgehead atoms. The highest BCUT2D eigenvalue weighted by atomic mass is 16.3. The van der Waals surface area contributed by atoms with E-state index in [2.05, 4.69) is 10.6 Å². The molecule has 134 valence electrons. The number of carbonyl (C=O) groups excluding carboxylic acids is 2. The minimum absolute atomic E-state index is 0.109. The number of aryl methyl sites for hydroxylation is 2. The monoisotopic (exact) mass is 344 g/mol. The first kappa shape index (κ1) is 18.7. The van der Waals surface area contributed by atoms with Crippen molar-refractivity contribution < 1.29 is 18.9 Å². The maximum absolute atomic E-state index is 12.2. The third-order valence-electron chi connectivity index (χ3n) is 4.02. The van der Waals surface area contributed by atoms with E-state index in [0.717, 1.165) is 21.7 Å². The zero-order valence-electron chi connectivity index (χ0n) is 15.2. The summed E-state index contributed by atoms with van der Waals surface area (Å²) in [5.41, 5.74) is 2.89. The molecule has 0 fully saturated rings. The van der Waals surface area contributed by atoms with Gasteiger partial charge in [0.2, 0.25) is 0 Å². The second kappa shape index (κ2) is 8.48. The Balaban J connectivity index is 1.82. The molecule has 0 saturated carbocycles. The zero-order chi connectivity index (χ0) is 18.4. The molecule has 0 aliphatic carbocycles. The molecule has 0 spiro atoms. The molecule has 0 saturated heterocycles. The standard InChI is InChI=1S/C19H25N3O3/c1-13-7-5-8-14(2)19(13)21-18(24)12-22(4)11-17(23)20-15(3)16-9-6-10-25-16/h5-10,15H,11-12H2,1-4H3,(H,20,23)(H,21,24)/p+1/t15-/m1/s1. The first-order chi connectivity index (χ1) is 11.9. The van der Waals surface area contributed by atoms with Gasteiger partial charge in [-0.25, -0.2) is 0 Å². The van der Waals surface area contributed by atoms with Gasteiger partial charge in [-0.3, -0.25) is 9.59 Å². The van der Waals surface area contributed by atoms with Crippen LogP contribution in [0.4, 0.5) is 5.69 Å². The summed E-state index contributed by atoms with van der Waals surface area (Å²) in [5.74, 6) is 0.474. The molecule has 6 nitrogen and oxygen atoms in total. The van der Waals surface area contributed by atoms with Crippen LogP contribution in [-0.2, 0) is 9.59 Å². The summed E-state index contributed by atoms with van der Waals surface area (Å²) in [6, 6.07) is 9.29. The first-order valence-corrected chi connectivity index (χ1v) is 8.37. The van der Waals surface area contributed by atoms with E-state index in [-0.39, 0.29) is 30.9 Å². The predicted molar refractivity (Wildman–Crippen MR) is 96.4 cm³/mol. The highest BCUT2D eigenvalue weighted by Gasteiger charge is 2.18. The number of nitrogens with one attached hydrogen (secondary N) is 3. The van der Waals surface area contributed by atoms with Gasteiger partial charge in [-0.1, -0.05) is 18.2 Å². The van der Waals surface area contributed by atoms with E-state index in [0.29, 0.717) is 5.76 Å². The molecule has 2 amide bonds. The van der Waals surface area contributed by atoms with Gasteiger partial charge in [0.05, 0.1) is 19.4 Å². The molecule has 1 heterocycles. The van der Waals surface area contributed by atoms with Crippen molar-refractivity contribution in [1.82, 2.24) is 5.32 Å². The second-order valence-corrected chi connectivity index (χ2v) is 6.43. The van der Waals surface area contributed by atoms with E-state index < -0.39 is 0 Å². The lowest BCUT2D eigenvalue weighted by Gasteiger charge is -2.17. The normalized spacial score (nSPS) is 13.1. The molecule has 1 unspecified atom stereocenters. The van der Waals surface area contributed by atoms with Gasteiger partial charge in [0, 0.05) is 5.69 Å². The maximum atomic E-state index is 12.2. The van der Waals surface area contributed by atoms with Crippen LogP contribution < -0.4 is 15.5 Å². The van der Waals surface area contributed by atoms with Crippen LogP contribution in [-0.4, -0.2) is 32.0 Å². The van der Waals surface area contributed by atoms with Crippen molar-refractivity contribution >= 4 is 17.5 Å². The minimum Gasteiger partial charge on any atom is -0.467 e. The molecule has 2 aromatic rings. The number of quaternary nitrogens is 1. The van der Waals surface area contributed by atoms with Crippen molar-refractivity contribution in [3.63, 3.8) is 0 Å². The largest absolute Gasteiger partial charge is 0.467 e. The Morgan fingerprint density at radius 1 is 1.08 bits per heavy atom. The Bertz CT molecular complexity index is 705. The van der Waals surface area contributed by atoms with Crippen LogP contribution in [0, 0.1) is 13.8 Å². The van der Waals surface area contributed by atoms with Gasteiger partial charge in [-0.2, -0.15) is 0 Å². The van der Waals surface area contributed by atoms with Gasteiger partial charge in [-0.05, 0) is 44.0 Å². The van der Waals surface area contributed by atoms with E-state index in [1.807, 2.05) is 52.1 Å². The SMILES string of the molecule is Cc1cccc(C)c1NC(=O)C[NH+](C)CC(=O)N[C@H](C)c1ccco1. The lowest BCUT2D eigenvalue weighted by molar-refractivity contribution is -0.862. The van der Waals surface area contributed by atoms with Crippen molar-refractivity contribution in [2.24, 2.45) is 0 Å². The summed E-state index contributed by atoms with van der Waals surface area (Å²) in [4.78, 5) is 25.2. The van der Waals surface area contributed by atoms with E-state index >= 15 is 0 Å². The highest BCUT2D eigenvalue weighted by molar-refractivity contribution is 5.93. The van der Waals surface area contributed by atoms with Gasteiger partial charge in [-0.15, -0.1) is 0 Å². The quantitative estimate of drug-likeness (QED) is 0.707. The molecule has 0 aliphatic rings. The lowest BCUT2D eigenvalue weighted by atomic mass is 10.1. The van der Waals surface area contributed by atoms with Crippen molar-refractivity contribution in [3.8, 4) is 0 Å². The van der Waals surface area contributed by atoms with Crippen molar-refractivity contribution in [2.75, 3.05) is 25.5 Å². The van der Waals surface area contributed by atoms with Crippen LogP contribution in [0.3, 0.4) is 0 Å². The maximum Gasteiger partial charge on any atom is 0.279 e. The smallest absolute Gasteiger partial charge is 0.279 e. The average molecular weight is 344 g/mol. The van der Waals surface area contributed by atoms with E-state index in [9.17, 15) is 9.59 Å². The number of hydrogen-bond donors (Lipinski definition) is 3. The van der Waals surface area contributed by atoms with Crippen LogP contribution in [0.2, 0.25) is 0 Å². The Morgan fingerprint density at radius 3 is 2.32 bits per heavy atom. The number of para-hydroxylation sites is 1. The number of benzene rings is 1. The summed E-state index contributed by atoms with van der Waals surface area (Å²) in [6.45, 7) is 6.21. The topological polar surface area (TPSA) is 75.8 Å². The fourth-order valence-corrected chi connectivity index (χ4v) is 2.71. The van der Waals surface area contributed by atoms with Crippen molar-refractivity contribution in [2.45, 2.75) is 26.8 Å². The lowest BCUT2D eigenvalue weighted by Crippen LogP contribution is -3.11. The summed E-state index contributed by atoms with van der Waals surface area (Å²) >= 11 is 0. The third kappa shape index (κ3) is 5.46. The molecule has 2 atom stereocenters. The summed E-state index contributed by atoms with van der Waals surface area (Å²) in [7, 11) is 1.82. The molecular weight excluding hydrogens is 318 g/mol.